The fourth-order valence-electron chi connectivity index (χ4n) is 14.4. The number of allylic oxidation sites excluding steroid dienone is 1. The molecule has 0 radical (unpaired) electrons. The maximum atomic E-state index is 13.9. The molecule has 2 amide bonds. The lowest BCUT2D eigenvalue weighted by molar-refractivity contribution is -0.207. The second kappa shape index (κ2) is 39.2. The number of hydrogen-bond donors (Lipinski definition) is 0. The third kappa shape index (κ3) is 22.6. The van der Waals surface area contributed by atoms with Gasteiger partial charge in [-0.15, -0.1) is 0 Å². The van der Waals surface area contributed by atoms with Crippen LogP contribution in [0.25, 0.3) is 28.1 Å². The lowest BCUT2D eigenvalue weighted by Gasteiger charge is -2.34. The molecule has 9 heterocycles. The molecule has 5 saturated heterocycles. The van der Waals surface area contributed by atoms with Gasteiger partial charge in [0.2, 0.25) is 30.7 Å². The van der Waals surface area contributed by atoms with Crippen LogP contribution in [0.5, 0.6) is 0 Å². The first-order valence-corrected chi connectivity index (χ1v) is 44.7. The summed E-state index contributed by atoms with van der Waals surface area (Å²) in [5.41, 5.74) is -1.36. The Labute approximate surface area is 695 Å². The Morgan fingerprint density at radius 2 is 0.958 bits per heavy atom. The molecule has 0 N–H and O–H groups in total. The van der Waals surface area contributed by atoms with Crippen LogP contribution < -0.4 is 9.80 Å². The minimum Gasteiger partial charge on any atom is -0.463 e. The van der Waals surface area contributed by atoms with E-state index in [1.165, 1.54) is 48.7 Å². The van der Waals surface area contributed by atoms with Gasteiger partial charge in [0.15, 0.2) is 52.8 Å². The minimum absolute atomic E-state index is 0.0427. The van der Waals surface area contributed by atoms with Crippen LogP contribution in [0.1, 0.15) is 228 Å². The number of fused-ring (bicyclic) bond motifs is 4. The van der Waals surface area contributed by atoms with E-state index in [-0.39, 0.29) is 111 Å². The zero-order valence-electron chi connectivity index (χ0n) is 72.5. The summed E-state index contributed by atoms with van der Waals surface area (Å²) in [6.45, 7) is 42.0. The van der Waals surface area contributed by atoms with Crippen LogP contribution in [0.4, 0.5) is 21.2 Å². The summed E-state index contributed by atoms with van der Waals surface area (Å²) < 4.78 is 131. The molecule has 12 atom stereocenters. The van der Waals surface area contributed by atoms with Gasteiger partial charge in [-0.25, -0.2) is 43.3 Å². The van der Waals surface area contributed by atoms with Crippen LogP contribution in [-0.4, -0.2) is 236 Å². The number of nitrogens with zero attached hydrogens (tertiary/aromatic N) is 10. The second-order valence-electron chi connectivity index (χ2n) is 33.4. The summed E-state index contributed by atoms with van der Waals surface area (Å²) in [4.78, 5) is 104. The van der Waals surface area contributed by atoms with Crippen molar-refractivity contribution in [2.45, 2.75) is 316 Å². The van der Waals surface area contributed by atoms with E-state index in [1.807, 2.05) is 26.7 Å². The lowest BCUT2D eigenvalue weighted by Crippen LogP contribution is -2.44. The number of hydrogen-bond acceptors (Lipinski definition) is 32. The summed E-state index contributed by atoms with van der Waals surface area (Å²) in [7, 11) is -7.57. The molecule has 5 aliphatic heterocycles. The zero-order chi connectivity index (χ0) is 87.7. The second-order valence-corrected chi connectivity index (χ2v) is 39.3. The van der Waals surface area contributed by atoms with Crippen molar-refractivity contribution in [3.8, 4) is 0 Å². The van der Waals surface area contributed by atoms with Crippen LogP contribution in [0, 0.1) is 0 Å². The van der Waals surface area contributed by atoms with Crippen LogP contribution >= 0.6 is 26.3 Å². The highest BCUT2D eigenvalue weighted by atomic mass is 35.5. The van der Waals surface area contributed by atoms with Gasteiger partial charge in [-0.05, 0) is 195 Å². The molecular weight excluding hydrogens is 1600 g/mol. The van der Waals surface area contributed by atoms with Gasteiger partial charge in [-0.3, -0.25) is 18.9 Å². The highest BCUT2D eigenvalue weighted by Crippen LogP contribution is 2.59. The van der Waals surface area contributed by atoms with Gasteiger partial charge in [0, 0.05) is 31.5 Å². The Kier molecular flexibility index (Phi) is 32.1. The zero-order valence-corrected chi connectivity index (χ0v) is 75.0. The van der Waals surface area contributed by atoms with Crippen molar-refractivity contribution in [2.75, 3.05) is 69.4 Å². The molecule has 4 unspecified atom stereocenters. The van der Waals surface area contributed by atoms with E-state index in [1.54, 1.807) is 105 Å². The van der Waals surface area contributed by atoms with E-state index in [4.69, 9.17) is 116 Å². The maximum Gasteiger partial charge on any atom is 0.486 e. The van der Waals surface area contributed by atoms with Gasteiger partial charge in [0.25, 0.3) is 0 Å². The first-order chi connectivity index (χ1) is 55.1. The number of carbonyl (C=O) groups excluding carboxylic acids is 7. The standard InChI is InChI=1S/C36H54N5O12P.C31H47ClN5O10P.C10H19BO2.CO2/c1-11-46-26(42)19-18-25-38-29(40(22-16-14-15-17-22)33(44)53-34(4,5)6)23-20-37-41(30(23)39-25)31-28-27(51-35(7,8)52-28)24(50-31)21-48-36(9,32(43)47-12-2)54(10,45)49-13-3;1-10-41-26(38)31(8,48(9,40)43-11-2)42-17-20-21-22(46-30(6,7)45-21)25(44-20)37-24-19(16-33-37)23(34-27(32)35-24)36(18-14-12-13-15-18)28(39)47-29(3,4)5;1-6-7-8-11-12-9(2,3)10(4,5)13-11;2-1-3/h18-20,22,24,27-28,31H,11-17,21H2,1-10H3;16,18,20-22,25H,10-15,17H2,1-9H3;7-8H,6H2,1-5H3;/b19-18+;;8-7+;/t24-,27-,28-,31-,36?,54?;20-,21-,22-,25-,31?,48?;;/m11../s1. The number of carbonyl (C=O) groups is 5. The van der Waals surface area contributed by atoms with Crippen molar-refractivity contribution in [1.82, 2.24) is 39.5 Å². The number of rotatable bonds is 27. The number of halogens is 1. The van der Waals surface area contributed by atoms with Gasteiger partial charge in [0.1, 0.15) is 47.8 Å². The molecule has 4 aromatic rings. The maximum absolute atomic E-state index is 13.9. The summed E-state index contributed by atoms with van der Waals surface area (Å²) >= 11 is 6.52. The quantitative estimate of drug-likeness (QED) is 0.0134. The molecular formula is C78H120BClN10O26P2. The molecule has 11 rings (SSSR count). The number of amides is 2. The molecule has 7 fully saturated rings. The van der Waals surface area contributed by atoms with E-state index < -0.39 is 127 Å². The molecule has 118 heavy (non-hydrogen) atoms. The lowest BCUT2D eigenvalue weighted by atomic mass is 9.90. The van der Waals surface area contributed by atoms with Crippen LogP contribution in [0.15, 0.2) is 30.5 Å². The smallest absolute Gasteiger partial charge is 0.463 e. The van der Waals surface area contributed by atoms with Crippen molar-refractivity contribution >= 4 is 109 Å². The summed E-state index contributed by atoms with van der Waals surface area (Å²) in [6.07, 6.45) is 8.45. The van der Waals surface area contributed by atoms with Gasteiger partial charge in [0.05, 0.1) is 80.6 Å². The van der Waals surface area contributed by atoms with Gasteiger partial charge in [-0.2, -0.15) is 29.8 Å². The fourth-order valence-corrected chi connectivity index (χ4v) is 17.4. The molecule has 0 aromatic carbocycles. The number of ether oxygens (including phenoxy) is 13. The molecule has 0 spiro atoms. The van der Waals surface area contributed by atoms with Crippen molar-refractivity contribution in [1.29, 1.82) is 0 Å². The SMILES string of the molecule is CC/C=C/B1OC(C)(C)C(C)(C)O1.CCOC(=O)/C=C/c1nc(N(C(=O)OC(C)(C)C)C2CCCC2)c2cnn([C@@H]3O[C@H](COC(C)(C(=O)OCC)P(C)(=O)OCC)[C@H]4OC(C)(C)O[C@H]43)c2n1.CCOC(=O)C(C)(OC[C@H]1O[C@@H](n2ncc3c(N(C(=O)OC(C)(C)C)C4CCCC4)nc(Cl)nc32)[C@@H]2OC(C)(C)O[C@@H]21)P(C)(=O)OCC.O=C=O. The first kappa shape index (κ1) is 96.7. The number of esters is 3. The van der Waals surface area contributed by atoms with Crippen molar-refractivity contribution < 1.29 is 123 Å². The average molecular weight is 1720 g/mol. The molecule has 2 saturated carbocycles. The third-order valence-corrected chi connectivity index (χ3v) is 26.1. The molecule has 40 heteroatoms. The largest absolute Gasteiger partial charge is 0.486 e. The fraction of sp³-hybridized carbons (Fsp3) is 0.744. The Morgan fingerprint density at radius 1 is 0.576 bits per heavy atom. The monoisotopic (exact) mass is 1720 g/mol. The van der Waals surface area contributed by atoms with Crippen molar-refractivity contribution in [3.05, 3.63) is 41.6 Å². The topological polar surface area (TPSA) is 404 Å². The van der Waals surface area contributed by atoms with Crippen LogP contribution in [0.3, 0.4) is 0 Å². The molecule has 7 aliphatic rings. The highest BCUT2D eigenvalue weighted by Gasteiger charge is 2.61. The summed E-state index contributed by atoms with van der Waals surface area (Å²) in [5, 5.41) is 6.26. The van der Waals surface area contributed by atoms with Gasteiger partial charge >= 0.3 is 43.4 Å². The number of anilines is 2. The molecule has 658 valence electrons. The highest BCUT2D eigenvalue weighted by molar-refractivity contribution is 7.61. The van der Waals surface area contributed by atoms with E-state index in [0.717, 1.165) is 57.8 Å². The van der Waals surface area contributed by atoms with Crippen molar-refractivity contribution in [3.63, 3.8) is 0 Å². The van der Waals surface area contributed by atoms with E-state index in [2.05, 4.69) is 55.8 Å². The minimum atomic E-state index is -3.72. The Bertz CT molecular complexity index is 4340. The van der Waals surface area contributed by atoms with Crippen LogP contribution in [-0.2, 0) is 113 Å². The summed E-state index contributed by atoms with van der Waals surface area (Å²) in [5.74, 6) is -1.64. The van der Waals surface area contributed by atoms with E-state index in [0.29, 0.717) is 16.4 Å². The molecule has 36 nitrogen and oxygen atoms in total. The Balaban J connectivity index is 0.000000249. The Hall–Kier alpha value is -6.76. The van der Waals surface area contributed by atoms with E-state index in [9.17, 15) is 33.1 Å². The Morgan fingerprint density at radius 3 is 1.33 bits per heavy atom. The normalized spacial score (nSPS) is 25.2. The summed E-state index contributed by atoms with van der Waals surface area (Å²) in [6, 6.07) is -0.345. The van der Waals surface area contributed by atoms with Crippen LogP contribution in [0.2, 0.25) is 5.28 Å². The number of aromatic nitrogens is 8. The van der Waals surface area contributed by atoms with E-state index >= 15 is 0 Å². The predicted octanol–water partition coefficient (Wildman–Crippen LogP) is 13.6. The third-order valence-electron chi connectivity index (χ3n) is 20.7. The van der Waals surface area contributed by atoms with Gasteiger partial charge in [-0.1, -0.05) is 44.7 Å². The average Bonchev–Trinajstić information content (AvgIpc) is 1.57. The van der Waals surface area contributed by atoms with Gasteiger partial charge < -0.3 is 79.9 Å². The molecule has 2 aliphatic carbocycles. The van der Waals surface area contributed by atoms with Crippen molar-refractivity contribution in [2.24, 2.45) is 0 Å². The molecule has 0 bridgehead atoms. The first-order valence-electron chi connectivity index (χ1n) is 40.2. The predicted molar refractivity (Wildman–Crippen MR) is 432 cm³/mol. The molecule has 4 aromatic heterocycles.